The molecule has 2 aromatic rings. The summed E-state index contributed by atoms with van der Waals surface area (Å²) in [4.78, 5) is 21.8. The van der Waals surface area contributed by atoms with Crippen LogP contribution in [0.25, 0.3) is 11.2 Å². The van der Waals surface area contributed by atoms with Gasteiger partial charge in [-0.3, -0.25) is 4.79 Å². The highest BCUT2D eigenvalue weighted by atomic mass is 16.2. The van der Waals surface area contributed by atoms with Crippen molar-refractivity contribution in [3.63, 3.8) is 0 Å². The zero-order valence-electron chi connectivity index (χ0n) is 17.8. The quantitative estimate of drug-likeness (QED) is 0.742. The maximum Gasteiger partial charge on any atom is 0.251 e. The Morgan fingerprint density at radius 3 is 2.72 bits per heavy atom. The van der Waals surface area contributed by atoms with E-state index in [9.17, 15) is 4.79 Å². The van der Waals surface area contributed by atoms with Crippen molar-refractivity contribution in [2.45, 2.75) is 39.7 Å². The molecular formula is C24H30N4O. The normalized spacial score (nSPS) is 21.7. The van der Waals surface area contributed by atoms with Crippen molar-refractivity contribution < 1.29 is 4.79 Å². The molecule has 1 saturated heterocycles. The SMILES string of the molecule is C/C(=C\C(=O)N1C=C(C2CCN(C)CC2)C=CC1C)c1ccc2nc(C)cn2c1. The predicted molar refractivity (Wildman–Crippen MR) is 117 cm³/mol. The molecule has 0 spiro atoms. The second-order valence-corrected chi connectivity index (χ2v) is 8.44. The molecule has 4 rings (SSSR count). The summed E-state index contributed by atoms with van der Waals surface area (Å²) in [5.41, 5.74) is 5.18. The zero-order valence-corrected chi connectivity index (χ0v) is 17.8. The van der Waals surface area contributed by atoms with Gasteiger partial charge in [0.25, 0.3) is 5.91 Å². The monoisotopic (exact) mass is 390 g/mol. The molecule has 1 fully saturated rings. The fourth-order valence-electron chi connectivity index (χ4n) is 4.21. The number of aromatic nitrogens is 2. The molecule has 1 atom stereocenters. The second-order valence-electron chi connectivity index (χ2n) is 8.44. The summed E-state index contributed by atoms with van der Waals surface area (Å²) in [6, 6.07) is 4.09. The van der Waals surface area contributed by atoms with Gasteiger partial charge in [0.2, 0.25) is 0 Å². The number of hydrogen-bond donors (Lipinski definition) is 0. The van der Waals surface area contributed by atoms with Crippen LogP contribution >= 0.6 is 0 Å². The van der Waals surface area contributed by atoms with Gasteiger partial charge in [-0.1, -0.05) is 12.2 Å². The lowest BCUT2D eigenvalue weighted by atomic mass is 9.88. The maximum atomic E-state index is 13.1. The molecule has 4 heterocycles. The van der Waals surface area contributed by atoms with E-state index in [4.69, 9.17) is 0 Å². The van der Waals surface area contributed by atoms with E-state index in [1.807, 2.05) is 47.7 Å². The number of carbonyl (C=O) groups excluding carboxylic acids is 1. The fraction of sp³-hybridized carbons (Fsp3) is 0.417. The third-order valence-electron chi connectivity index (χ3n) is 6.11. The van der Waals surface area contributed by atoms with Crippen molar-refractivity contribution >= 4 is 17.1 Å². The van der Waals surface area contributed by atoms with Crippen LogP contribution in [0.5, 0.6) is 0 Å². The first-order valence-electron chi connectivity index (χ1n) is 10.5. The topological polar surface area (TPSA) is 40.9 Å². The maximum absolute atomic E-state index is 13.1. The van der Waals surface area contributed by atoms with E-state index in [1.165, 1.54) is 5.57 Å². The Hall–Kier alpha value is -2.66. The summed E-state index contributed by atoms with van der Waals surface area (Å²) in [5, 5.41) is 0. The minimum Gasteiger partial charge on any atom is -0.309 e. The lowest BCUT2D eigenvalue weighted by molar-refractivity contribution is -0.124. The third kappa shape index (κ3) is 4.20. The van der Waals surface area contributed by atoms with Crippen molar-refractivity contribution in [2.24, 2.45) is 5.92 Å². The number of amides is 1. The number of pyridine rings is 1. The number of piperidine rings is 1. The molecule has 1 amide bonds. The molecule has 5 heteroatoms. The fourth-order valence-corrected chi connectivity index (χ4v) is 4.21. The molecule has 2 aliphatic heterocycles. The van der Waals surface area contributed by atoms with E-state index in [2.05, 4.69) is 42.2 Å². The highest BCUT2D eigenvalue weighted by Crippen LogP contribution is 2.29. The van der Waals surface area contributed by atoms with Crippen molar-refractivity contribution in [1.29, 1.82) is 0 Å². The molecule has 0 aliphatic carbocycles. The number of likely N-dealkylation sites (tertiary alicyclic amines) is 1. The first kappa shape index (κ1) is 19.6. The first-order chi connectivity index (χ1) is 13.9. The lowest BCUT2D eigenvalue weighted by Gasteiger charge is -2.33. The van der Waals surface area contributed by atoms with E-state index in [0.29, 0.717) is 5.92 Å². The second kappa shape index (κ2) is 7.99. The van der Waals surface area contributed by atoms with Crippen LogP contribution in [0.3, 0.4) is 0 Å². The average molecular weight is 391 g/mol. The van der Waals surface area contributed by atoms with Crippen LogP contribution in [0.1, 0.15) is 37.9 Å². The smallest absolute Gasteiger partial charge is 0.251 e. The van der Waals surface area contributed by atoms with Crippen LogP contribution in [0.4, 0.5) is 0 Å². The number of allylic oxidation sites excluding steroid dienone is 3. The van der Waals surface area contributed by atoms with Crippen LogP contribution in [0.15, 0.2) is 54.5 Å². The van der Waals surface area contributed by atoms with E-state index in [1.54, 1.807) is 6.08 Å². The van der Waals surface area contributed by atoms with Crippen LogP contribution in [0, 0.1) is 12.8 Å². The Kier molecular flexibility index (Phi) is 5.41. The van der Waals surface area contributed by atoms with Gasteiger partial charge in [-0.15, -0.1) is 0 Å². The minimum atomic E-state index is 0.0340. The Balaban J connectivity index is 1.54. The lowest BCUT2D eigenvalue weighted by Crippen LogP contribution is -2.36. The molecule has 29 heavy (non-hydrogen) atoms. The summed E-state index contributed by atoms with van der Waals surface area (Å²) in [6.45, 7) is 8.29. The number of hydrogen-bond acceptors (Lipinski definition) is 3. The van der Waals surface area contributed by atoms with Crippen LogP contribution < -0.4 is 0 Å². The van der Waals surface area contributed by atoms with E-state index < -0.39 is 0 Å². The van der Waals surface area contributed by atoms with Gasteiger partial charge in [-0.05, 0) is 88.5 Å². The number of aryl methyl sites for hydroxylation is 1. The minimum absolute atomic E-state index is 0.0340. The molecule has 152 valence electrons. The van der Waals surface area contributed by atoms with E-state index >= 15 is 0 Å². The molecule has 0 aromatic carbocycles. The molecule has 0 N–H and O–H groups in total. The number of imidazole rings is 1. The van der Waals surface area contributed by atoms with Crippen LogP contribution in [0.2, 0.25) is 0 Å². The molecule has 0 bridgehead atoms. The summed E-state index contributed by atoms with van der Waals surface area (Å²) in [7, 11) is 2.18. The highest BCUT2D eigenvalue weighted by molar-refractivity contribution is 5.96. The Bertz CT molecular complexity index is 1010. The van der Waals surface area contributed by atoms with Gasteiger partial charge >= 0.3 is 0 Å². The van der Waals surface area contributed by atoms with Crippen molar-refractivity contribution in [1.82, 2.24) is 19.2 Å². The summed E-state index contributed by atoms with van der Waals surface area (Å²) in [5.74, 6) is 0.578. The van der Waals surface area contributed by atoms with Gasteiger partial charge in [0.05, 0.1) is 11.7 Å². The van der Waals surface area contributed by atoms with Gasteiger partial charge in [0.15, 0.2) is 0 Å². The number of carbonyl (C=O) groups is 1. The van der Waals surface area contributed by atoms with Gasteiger partial charge in [0.1, 0.15) is 5.65 Å². The summed E-state index contributed by atoms with van der Waals surface area (Å²) >= 11 is 0. The summed E-state index contributed by atoms with van der Waals surface area (Å²) in [6.07, 6.45) is 14.5. The Morgan fingerprint density at radius 1 is 1.21 bits per heavy atom. The third-order valence-corrected chi connectivity index (χ3v) is 6.11. The van der Waals surface area contributed by atoms with Crippen LogP contribution in [-0.2, 0) is 4.79 Å². The molecule has 0 radical (unpaired) electrons. The molecular weight excluding hydrogens is 360 g/mol. The first-order valence-corrected chi connectivity index (χ1v) is 10.5. The summed E-state index contributed by atoms with van der Waals surface area (Å²) < 4.78 is 2.01. The van der Waals surface area contributed by atoms with Crippen molar-refractivity contribution in [3.05, 3.63) is 65.8 Å². The Morgan fingerprint density at radius 2 is 1.97 bits per heavy atom. The number of rotatable bonds is 3. The van der Waals surface area contributed by atoms with Gasteiger partial charge in [0, 0.05) is 24.7 Å². The molecule has 0 saturated carbocycles. The van der Waals surface area contributed by atoms with Gasteiger partial charge < -0.3 is 14.2 Å². The van der Waals surface area contributed by atoms with Crippen LogP contribution in [-0.4, -0.2) is 51.3 Å². The molecule has 2 aromatic heterocycles. The predicted octanol–water partition coefficient (Wildman–Crippen LogP) is 4.06. The molecule has 2 aliphatic rings. The van der Waals surface area contributed by atoms with E-state index in [0.717, 1.165) is 48.4 Å². The van der Waals surface area contributed by atoms with Gasteiger partial charge in [-0.25, -0.2) is 4.98 Å². The Labute approximate surface area is 173 Å². The largest absolute Gasteiger partial charge is 0.309 e. The average Bonchev–Trinajstić information content (AvgIpc) is 3.08. The van der Waals surface area contributed by atoms with E-state index in [-0.39, 0.29) is 11.9 Å². The van der Waals surface area contributed by atoms with Crippen molar-refractivity contribution in [2.75, 3.05) is 20.1 Å². The standard InChI is InChI=1S/C24H30N4O/c1-17(21-7-8-23-25-18(2)14-27(23)15-21)13-24(29)28-16-22(6-5-19(28)3)20-9-11-26(4)12-10-20/h5-8,13-16,19-20H,9-12H2,1-4H3/b17-13+. The van der Waals surface area contributed by atoms with Crippen molar-refractivity contribution in [3.8, 4) is 0 Å². The van der Waals surface area contributed by atoms with Gasteiger partial charge in [-0.2, -0.15) is 0 Å². The number of nitrogens with zero attached hydrogens (tertiary/aromatic N) is 4. The molecule has 1 unspecified atom stereocenters. The molecule has 5 nitrogen and oxygen atoms in total. The zero-order chi connectivity index (χ0) is 20.5. The number of fused-ring (bicyclic) bond motifs is 1. The highest BCUT2D eigenvalue weighted by Gasteiger charge is 2.24.